The summed E-state index contributed by atoms with van der Waals surface area (Å²) in [5.41, 5.74) is -0.436. The van der Waals surface area contributed by atoms with Crippen LogP contribution in [0.25, 0.3) is 0 Å². The van der Waals surface area contributed by atoms with Crippen molar-refractivity contribution in [1.82, 2.24) is 9.55 Å². The predicted octanol–water partition coefficient (Wildman–Crippen LogP) is -0.0481. The molecule has 1 aromatic rings. The second kappa shape index (κ2) is 6.34. The molecule has 0 amide bonds. The number of anilines is 1. The minimum atomic E-state index is -0.768. The molecule has 20 heavy (non-hydrogen) atoms. The van der Waals surface area contributed by atoms with Crippen LogP contribution >= 0.6 is 0 Å². The zero-order valence-corrected chi connectivity index (χ0v) is 11.7. The molecular weight excluding hydrogens is 262 g/mol. The van der Waals surface area contributed by atoms with Crippen molar-refractivity contribution in [3.63, 3.8) is 0 Å². The first-order valence-corrected chi connectivity index (χ1v) is 6.78. The number of nitrogens with one attached hydrogen (secondary N) is 1. The molecule has 3 N–H and O–H groups in total. The number of aromatic nitrogens is 2. The van der Waals surface area contributed by atoms with Gasteiger partial charge < -0.3 is 20.3 Å². The van der Waals surface area contributed by atoms with Gasteiger partial charge in [-0.05, 0) is 12.0 Å². The summed E-state index contributed by atoms with van der Waals surface area (Å²) in [5, 5.41) is 21.8. The van der Waals surface area contributed by atoms with Crippen LogP contribution in [0.5, 0.6) is 0 Å². The number of ether oxygens (including phenoxy) is 1. The van der Waals surface area contributed by atoms with Gasteiger partial charge in [-0.25, -0.2) is 4.79 Å². The number of nitrogens with zero attached hydrogens (tertiary/aromatic N) is 2. The normalized spacial score (nSPS) is 26.1. The highest BCUT2D eigenvalue weighted by atomic mass is 16.5. The van der Waals surface area contributed by atoms with Gasteiger partial charge in [-0.3, -0.25) is 4.57 Å². The highest BCUT2D eigenvalue weighted by Gasteiger charge is 2.34. The van der Waals surface area contributed by atoms with Crippen molar-refractivity contribution in [1.29, 1.82) is 0 Å². The molecule has 0 aliphatic carbocycles. The molecule has 2 heterocycles. The molecule has 1 aliphatic rings. The van der Waals surface area contributed by atoms with Crippen molar-refractivity contribution in [3.8, 4) is 0 Å². The smallest absolute Gasteiger partial charge is 0.351 e. The lowest BCUT2D eigenvalue weighted by molar-refractivity contribution is -0.0458. The molecule has 0 radical (unpaired) electrons. The van der Waals surface area contributed by atoms with Gasteiger partial charge in [0.25, 0.3) is 0 Å². The van der Waals surface area contributed by atoms with E-state index < -0.39 is 24.1 Å². The van der Waals surface area contributed by atoms with Gasteiger partial charge in [0.2, 0.25) is 0 Å². The monoisotopic (exact) mass is 283 g/mol. The summed E-state index contributed by atoms with van der Waals surface area (Å²) in [7, 11) is 0. The molecule has 2 rings (SSSR count). The molecular formula is C13H21N3O4. The average molecular weight is 283 g/mol. The Labute approximate surface area is 117 Å². The van der Waals surface area contributed by atoms with Crippen molar-refractivity contribution in [3.05, 3.63) is 22.7 Å². The Kier molecular flexibility index (Phi) is 4.74. The number of aliphatic hydroxyl groups is 2. The minimum absolute atomic E-state index is 0.269. The first kappa shape index (κ1) is 15.0. The Hall–Kier alpha value is -1.44. The molecule has 1 saturated heterocycles. The highest BCUT2D eigenvalue weighted by molar-refractivity contribution is 5.31. The quantitative estimate of drug-likeness (QED) is 0.701. The molecule has 3 atom stereocenters. The molecule has 0 aromatic carbocycles. The fourth-order valence-electron chi connectivity index (χ4n) is 2.09. The van der Waals surface area contributed by atoms with Crippen LogP contribution in [-0.2, 0) is 4.74 Å². The number of hydrogen-bond donors (Lipinski definition) is 3. The summed E-state index contributed by atoms with van der Waals surface area (Å²) in [6.45, 7) is 4.60. The maximum atomic E-state index is 12.0. The van der Waals surface area contributed by atoms with Crippen molar-refractivity contribution in [2.75, 3.05) is 18.5 Å². The molecule has 7 nitrogen and oxygen atoms in total. The van der Waals surface area contributed by atoms with Gasteiger partial charge in [-0.1, -0.05) is 13.8 Å². The van der Waals surface area contributed by atoms with Gasteiger partial charge in [-0.2, -0.15) is 4.98 Å². The standard InChI is InChI=1S/C13H21N3O4/c1-8(2)6-14-11-3-4-16(13(19)15-11)12-5-9(18)10(7-17)20-12/h3-4,8-10,12,17-18H,5-7H2,1-2H3,(H,14,15,19)/t9-,10+,12+/m0/s1. The van der Waals surface area contributed by atoms with Crippen LogP contribution in [0.15, 0.2) is 17.1 Å². The Morgan fingerprint density at radius 2 is 2.35 bits per heavy atom. The molecule has 1 aliphatic heterocycles. The Bertz CT molecular complexity index is 503. The summed E-state index contributed by atoms with van der Waals surface area (Å²) >= 11 is 0. The van der Waals surface area contributed by atoms with E-state index in [9.17, 15) is 9.90 Å². The van der Waals surface area contributed by atoms with E-state index >= 15 is 0 Å². The van der Waals surface area contributed by atoms with E-state index in [4.69, 9.17) is 9.84 Å². The third kappa shape index (κ3) is 3.36. The maximum Gasteiger partial charge on any atom is 0.351 e. The van der Waals surface area contributed by atoms with Crippen LogP contribution in [0.2, 0.25) is 0 Å². The van der Waals surface area contributed by atoms with E-state index in [1.54, 1.807) is 12.3 Å². The van der Waals surface area contributed by atoms with Gasteiger partial charge in [0, 0.05) is 19.2 Å². The fraction of sp³-hybridized carbons (Fsp3) is 0.692. The minimum Gasteiger partial charge on any atom is -0.394 e. The molecule has 1 aromatic heterocycles. The first-order valence-electron chi connectivity index (χ1n) is 6.78. The highest BCUT2D eigenvalue weighted by Crippen LogP contribution is 2.27. The molecule has 0 saturated carbocycles. The van der Waals surface area contributed by atoms with Gasteiger partial charge >= 0.3 is 5.69 Å². The van der Waals surface area contributed by atoms with Crippen LogP contribution in [-0.4, -0.2) is 45.1 Å². The summed E-state index contributed by atoms with van der Waals surface area (Å²) in [5.74, 6) is 0.982. The lowest BCUT2D eigenvalue weighted by Gasteiger charge is -2.15. The predicted molar refractivity (Wildman–Crippen MR) is 73.4 cm³/mol. The van der Waals surface area contributed by atoms with Crippen LogP contribution in [0, 0.1) is 5.92 Å². The van der Waals surface area contributed by atoms with Gasteiger partial charge in [0.15, 0.2) is 0 Å². The summed E-state index contributed by atoms with van der Waals surface area (Å²) < 4.78 is 6.76. The van der Waals surface area contributed by atoms with Crippen LogP contribution < -0.4 is 11.0 Å². The van der Waals surface area contributed by atoms with Crippen LogP contribution in [0.4, 0.5) is 5.82 Å². The second-order valence-corrected chi connectivity index (χ2v) is 5.39. The lowest BCUT2D eigenvalue weighted by atomic mass is 10.2. The van der Waals surface area contributed by atoms with Crippen molar-refractivity contribution < 1.29 is 14.9 Å². The summed E-state index contributed by atoms with van der Waals surface area (Å²) in [4.78, 5) is 15.9. The Morgan fingerprint density at radius 1 is 1.60 bits per heavy atom. The summed E-state index contributed by atoms with van der Waals surface area (Å²) in [6.07, 6.45) is -0.136. The first-order chi connectivity index (χ1) is 9.51. The van der Waals surface area contributed by atoms with Crippen LogP contribution in [0.3, 0.4) is 0 Å². The molecule has 1 fully saturated rings. The van der Waals surface area contributed by atoms with Crippen molar-refractivity contribution in [2.45, 2.75) is 38.7 Å². The fourth-order valence-corrected chi connectivity index (χ4v) is 2.09. The van der Waals surface area contributed by atoms with E-state index in [1.165, 1.54) is 4.57 Å². The van der Waals surface area contributed by atoms with Gasteiger partial charge in [-0.15, -0.1) is 0 Å². The zero-order chi connectivity index (χ0) is 14.7. The lowest BCUT2D eigenvalue weighted by Crippen LogP contribution is -2.28. The number of hydrogen-bond acceptors (Lipinski definition) is 6. The van der Waals surface area contributed by atoms with Crippen LogP contribution in [0.1, 0.15) is 26.5 Å². The molecule has 112 valence electrons. The van der Waals surface area contributed by atoms with E-state index in [0.717, 1.165) is 6.54 Å². The van der Waals surface area contributed by atoms with E-state index in [-0.39, 0.29) is 13.0 Å². The number of rotatable bonds is 5. The van der Waals surface area contributed by atoms with Crippen molar-refractivity contribution in [2.24, 2.45) is 5.92 Å². The van der Waals surface area contributed by atoms with Gasteiger partial charge in [0.05, 0.1) is 12.7 Å². The maximum absolute atomic E-state index is 12.0. The molecule has 0 bridgehead atoms. The number of aliphatic hydroxyl groups excluding tert-OH is 2. The Morgan fingerprint density at radius 3 is 2.90 bits per heavy atom. The SMILES string of the molecule is CC(C)CNc1ccn([C@H]2C[C@H](O)[C@@H](CO)O2)c(=O)n1. The second-order valence-electron chi connectivity index (χ2n) is 5.39. The average Bonchev–Trinajstić information content (AvgIpc) is 2.77. The third-order valence-corrected chi connectivity index (χ3v) is 3.22. The van der Waals surface area contributed by atoms with Crippen molar-refractivity contribution >= 4 is 5.82 Å². The zero-order valence-electron chi connectivity index (χ0n) is 11.7. The van der Waals surface area contributed by atoms with Gasteiger partial charge in [0.1, 0.15) is 18.1 Å². The van der Waals surface area contributed by atoms with E-state index in [1.807, 2.05) is 0 Å². The third-order valence-electron chi connectivity index (χ3n) is 3.22. The van der Waals surface area contributed by atoms with E-state index in [0.29, 0.717) is 11.7 Å². The molecule has 7 heteroatoms. The topological polar surface area (TPSA) is 96.6 Å². The molecule has 0 spiro atoms. The largest absolute Gasteiger partial charge is 0.394 e. The summed E-state index contributed by atoms with van der Waals surface area (Å²) in [6, 6.07) is 1.70. The molecule has 0 unspecified atom stereocenters. The Balaban J connectivity index is 2.09. The van der Waals surface area contributed by atoms with E-state index in [2.05, 4.69) is 24.1 Å².